The molecule has 0 saturated carbocycles. The first-order valence-corrected chi connectivity index (χ1v) is 7.67. The second-order valence-corrected chi connectivity index (χ2v) is 4.65. The zero-order valence-corrected chi connectivity index (χ0v) is 14.0. The van der Waals surface area contributed by atoms with Gasteiger partial charge in [-0.3, -0.25) is 9.59 Å². The number of fused-ring (bicyclic) bond motifs is 1. The number of aromatic amines is 1. The van der Waals surface area contributed by atoms with Gasteiger partial charge in [0.25, 0.3) is 0 Å². The zero-order valence-electron chi connectivity index (χ0n) is 14.0. The molecule has 5 heteroatoms. The van der Waals surface area contributed by atoms with Crippen molar-refractivity contribution in [2.24, 2.45) is 0 Å². The minimum Gasteiger partial charge on any atom is -0.496 e. The third-order valence-electron chi connectivity index (χ3n) is 3.22. The Labute approximate surface area is 135 Å². The number of carboxylic acids is 1. The number of aliphatic carboxylic acids is 1. The van der Waals surface area contributed by atoms with Gasteiger partial charge in [0.1, 0.15) is 5.75 Å². The molecule has 1 aromatic heterocycles. The summed E-state index contributed by atoms with van der Waals surface area (Å²) in [5.41, 5.74) is 2.12. The van der Waals surface area contributed by atoms with Gasteiger partial charge in [-0.25, -0.2) is 0 Å². The number of hydrogen-bond donors (Lipinski definition) is 2. The molecule has 0 aliphatic heterocycles. The molecule has 124 valence electrons. The number of nitrogens with one attached hydrogen (secondary N) is 1. The van der Waals surface area contributed by atoms with Crippen LogP contribution >= 0.6 is 0 Å². The molecule has 0 saturated heterocycles. The van der Waals surface area contributed by atoms with Gasteiger partial charge < -0.3 is 14.8 Å². The van der Waals surface area contributed by atoms with E-state index in [0.717, 1.165) is 17.7 Å². The van der Waals surface area contributed by atoms with E-state index in [-0.39, 0.29) is 11.8 Å². The molecule has 0 amide bonds. The first-order valence-electron chi connectivity index (χ1n) is 7.67. The van der Waals surface area contributed by atoms with Crippen molar-refractivity contribution in [3.63, 3.8) is 0 Å². The number of H-pyrrole nitrogens is 1. The van der Waals surface area contributed by atoms with Crippen LogP contribution in [0.4, 0.5) is 0 Å². The number of ether oxygens (including phenoxy) is 1. The molecular weight excluding hydrogens is 294 g/mol. The fourth-order valence-corrected chi connectivity index (χ4v) is 2.19. The van der Waals surface area contributed by atoms with Crippen LogP contribution in [-0.4, -0.2) is 23.2 Å². The summed E-state index contributed by atoms with van der Waals surface area (Å²) >= 11 is 0. The van der Waals surface area contributed by atoms with Gasteiger partial charge in [0.15, 0.2) is 5.43 Å². The molecule has 0 spiro atoms. The van der Waals surface area contributed by atoms with Crippen LogP contribution in [-0.2, 0) is 11.2 Å². The van der Waals surface area contributed by atoms with Gasteiger partial charge in [0.2, 0.25) is 0 Å². The Morgan fingerprint density at radius 2 is 2.00 bits per heavy atom. The quantitative estimate of drug-likeness (QED) is 0.883. The van der Waals surface area contributed by atoms with E-state index in [1.54, 1.807) is 19.3 Å². The van der Waals surface area contributed by atoms with E-state index in [2.05, 4.69) is 4.98 Å². The largest absolute Gasteiger partial charge is 0.496 e. The van der Waals surface area contributed by atoms with Crippen LogP contribution < -0.4 is 10.2 Å². The Morgan fingerprint density at radius 1 is 1.30 bits per heavy atom. The molecule has 0 aliphatic carbocycles. The van der Waals surface area contributed by atoms with E-state index in [0.29, 0.717) is 16.6 Å². The van der Waals surface area contributed by atoms with Crippen molar-refractivity contribution >= 4 is 22.9 Å². The van der Waals surface area contributed by atoms with Gasteiger partial charge in [0.05, 0.1) is 19.0 Å². The number of rotatable bonds is 5. The number of methoxy groups -OCH3 is 1. The highest BCUT2D eigenvalue weighted by Gasteiger charge is 2.07. The van der Waals surface area contributed by atoms with Crippen LogP contribution in [0.3, 0.4) is 0 Å². The molecule has 0 unspecified atom stereocenters. The summed E-state index contributed by atoms with van der Waals surface area (Å²) in [7, 11) is 1.59. The molecule has 2 aromatic rings. The predicted octanol–water partition coefficient (Wildman–Crippen LogP) is 3.61. The van der Waals surface area contributed by atoms with Gasteiger partial charge in [-0.15, -0.1) is 0 Å². The van der Waals surface area contributed by atoms with E-state index >= 15 is 0 Å². The molecule has 2 N–H and O–H groups in total. The lowest BCUT2D eigenvalue weighted by Gasteiger charge is -2.09. The third-order valence-corrected chi connectivity index (χ3v) is 3.22. The van der Waals surface area contributed by atoms with E-state index < -0.39 is 5.97 Å². The molecule has 5 nitrogen and oxygen atoms in total. The van der Waals surface area contributed by atoms with Crippen LogP contribution in [0.5, 0.6) is 5.75 Å². The lowest BCUT2D eigenvalue weighted by Crippen LogP contribution is -2.04. The monoisotopic (exact) mass is 317 g/mol. The lowest BCUT2D eigenvalue weighted by atomic mass is 10.1. The number of aromatic nitrogens is 1. The molecule has 2 rings (SSSR count). The van der Waals surface area contributed by atoms with Gasteiger partial charge in [-0.2, -0.15) is 0 Å². The number of pyridine rings is 1. The number of carboxylic acid groups (broad SMARTS) is 1. The van der Waals surface area contributed by atoms with E-state index in [9.17, 15) is 9.59 Å². The van der Waals surface area contributed by atoms with Crippen molar-refractivity contribution < 1.29 is 14.6 Å². The van der Waals surface area contributed by atoms with Gasteiger partial charge in [-0.05, 0) is 24.1 Å². The molecule has 1 heterocycles. The van der Waals surface area contributed by atoms with Crippen molar-refractivity contribution in [1.82, 2.24) is 4.98 Å². The Balaban J connectivity index is 0.00000127. The highest BCUT2D eigenvalue weighted by Crippen LogP contribution is 2.24. The van der Waals surface area contributed by atoms with Gasteiger partial charge >= 0.3 is 5.97 Å². The van der Waals surface area contributed by atoms with Crippen LogP contribution in [0.15, 0.2) is 29.1 Å². The molecule has 0 radical (unpaired) electrons. The topological polar surface area (TPSA) is 79.4 Å². The van der Waals surface area contributed by atoms with Crippen molar-refractivity contribution in [3.05, 3.63) is 45.8 Å². The lowest BCUT2D eigenvalue weighted by molar-refractivity contribution is -0.135. The highest BCUT2D eigenvalue weighted by molar-refractivity contribution is 5.82. The number of carbonyl (C=O) groups is 1. The number of benzene rings is 1. The second-order valence-electron chi connectivity index (χ2n) is 4.65. The SMILES string of the molecule is CC.CCc1cc2c(=O)cc(/C=C/CC(=O)O)[nH]c2cc1OC. The summed E-state index contributed by atoms with van der Waals surface area (Å²) < 4.78 is 5.32. The molecular formula is C18H23NO4. The summed E-state index contributed by atoms with van der Waals surface area (Å²) in [6, 6.07) is 5.09. The standard InChI is InChI=1S/C16H17NO4.C2H6/c1-3-10-7-12-13(9-15(10)21-2)17-11(8-14(12)18)5-4-6-16(19)20;1-2/h4-5,7-9H,3,6H2,1-2H3,(H,17,18)(H,19,20);1-2H3/b5-4+;. The fraction of sp³-hybridized carbons (Fsp3) is 0.333. The molecule has 0 bridgehead atoms. The Bertz CT molecular complexity index is 759. The summed E-state index contributed by atoms with van der Waals surface area (Å²) in [5.74, 6) is -0.184. The number of aryl methyl sites for hydroxylation is 1. The summed E-state index contributed by atoms with van der Waals surface area (Å²) in [5, 5.41) is 9.20. The predicted molar refractivity (Wildman–Crippen MR) is 93.1 cm³/mol. The van der Waals surface area contributed by atoms with Crippen LogP contribution in [0.1, 0.15) is 38.4 Å². The highest BCUT2D eigenvalue weighted by atomic mass is 16.5. The zero-order chi connectivity index (χ0) is 17.4. The van der Waals surface area contributed by atoms with Crippen LogP contribution in [0, 0.1) is 0 Å². The van der Waals surface area contributed by atoms with Crippen LogP contribution in [0.25, 0.3) is 17.0 Å². The first-order chi connectivity index (χ1) is 11.0. The Kier molecular flexibility index (Phi) is 7.06. The van der Waals surface area contributed by atoms with Crippen molar-refractivity contribution in [3.8, 4) is 5.75 Å². The minimum absolute atomic E-state index is 0.0852. The average molecular weight is 317 g/mol. The first kappa shape index (κ1) is 18.5. The van der Waals surface area contributed by atoms with Gasteiger partial charge in [0, 0.05) is 23.2 Å². The van der Waals surface area contributed by atoms with E-state index in [4.69, 9.17) is 9.84 Å². The van der Waals surface area contributed by atoms with Crippen molar-refractivity contribution in [2.75, 3.05) is 7.11 Å². The normalized spacial score (nSPS) is 10.4. The average Bonchev–Trinajstić information content (AvgIpc) is 2.55. The maximum Gasteiger partial charge on any atom is 0.307 e. The molecule has 0 aliphatic rings. The van der Waals surface area contributed by atoms with Crippen LogP contribution in [0.2, 0.25) is 0 Å². The fourth-order valence-electron chi connectivity index (χ4n) is 2.19. The molecule has 0 fully saturated rings. The smallest absolute Gasteiger partial charge is 0.307 e. The third kappa shape index (κ3) is 4.71. The maximum atomic E-state index is 12.2. The van der Waals surface area contributed by atoms with E-state index in [1.165, 1.54) is 12.1 Å². The molecule has 1 aromatic carbocycles. The summed E-state index contributed by atoms with van der Waals surface area (Å²) in [4.78, 5) is 25.7. The molecule has 23 heavy (non-hydrogen) atoms. The van der Waals surface area contributed by atoms with Crippen molar-refractivity contribution in [1.29, 1.82) is 0 Å². The summed E-state index contributed by atoms with van der Waals surface area (Å²) in [6.45, 7) is 6.00. The van der Waals surface area contributed by atoms with Gasteiger partial charge in [-0.1, -0.05) is 26.8 Å². The second kappa shape index (κ2) is 8.78. The molecule has 0 atom stereocenters. The number of hydrogen-bond acceptors (Lipinski definition) is 3. The maximum absolute atomic E-state index is 12.2. The Hall–Kier alpha value is -2.56. The van der Waals surface area contributed by atoms with E-state index in [1.807, 2.05) is 26.8 Å². The Morgan fingerprint density at radius 3 is 2.57 bits per heavy atom. The van der Waals surface area contributed by atoms with Crippen molar-refractivity contribution in [2.45, 2.75) is 33.6 Å². The summed E-state index contributed by atoms with van der Waals surface area (Å²) in [6.07, 6.45) is 3.78. The minimum atomic E-state index is -0.913.